The zero-order chi connectivity index (χ0) is 27.7. The molecule has 7 heteroatoms. The van der Waals surface area contributed by atoms with E-state index in [-0.39, 0.29) is 17.5 Å². The van der Waals surface area contributed by atoms with E-state index in [2.05, 4.69) is 12.2 Å². The summed E-state index contributed by atoms with van der Waals surface area (Å²) in [6, 6.07) is 14.6. The van der Waals surface area contributed by atoms with Crippen molar-refractivity contribution in [2.45, 2.75) is 65.0 Å². The number of pyridine rings is 1. The number of carbonyl (C=O) groups excluding carboxylic acids is 1. The highest BCUT2D eigenvalue weighted by molar-refractivity contribution is 5.81. The Hall–Kier alpha value is -3.74. The summed E-state index contributed by atoms with van der Waals surface area (Å²) in [5, 5.41) is 3.20. The Morgan fingerprint density at radius 2 is 1.63 bits per heavy atom. The van der Waals surface area contributed by atoms with Gasteiger partial charge in [-0.2, -0.15) is 0 Å². The summed E-state index contributed by atoms with van der Waals surface area (Å²) in [6.07, 6.45) is 5.29. The van der Waals surface area contributed by atoms with Gasteiger partial charge in [-0.3, -0.25) is 9.59 Å². The molecule has 1 unspecified atom stereocenters. The van der Waals surface area contributed by atoms with Gasteiger partial charge in [-0.15, -0.1) is 0 Å². The normalized spacial score (nSPS) is 12.5. The van der Waals surface area contributed by atoms with Gasteiger partial charge in [0.2, 0.25) is 11.7 Å². The van der Waals surface area contributed by atoms with E-state index in [1.807, 2.05) is 62.4 Å². The Morgan fingerprint density at radius 1 is 0.974 bits per heavy atom. The van der Waals surface area contributed by atoms with Gasteiger partial charge in [0, 0.05) is 18.2 Å². The van der Waals surface area contributed by atoms with Gasteiger partial charge in [-0.05, 0) is 54.7 Å². The smallest absolute Gasteiger partial charge is 0.254 e. The van der Waals surface area contributed by atoms with Crippen LogP contribution in [0.3, 0.4) is 0 Å². The largest absolute Gasteiger partial charge is 0.493 e. The summed E-state index contributed by atoms with van der Waals surface area (Å²) in [7, 11) is 4.69. The van der Waals surface area contributed by atoms with Crippen LogP contribution in [-0.2, 0) is 11.2 Å². The van der Waals surface area contributed by atoms with Crippen molar-refractivity contribution in [1.82, 2.24) is 9.88 Å². The molecular formula is C31H40N2O5. The predicted molar refractivity (Wildman–Crippen MR) is 151 cm³/mol. The Labute approximate surface area is 225 Å². The Kier molecular flexibility index (Phi) is 10.4. The summed E-state index contributed by atoms with van der Waals surface area (Å²) >= 11 is 0. The average molecular weight is 521 g/mol. The van der Waals surface area contributed by atoms with Crippen LogP contribution < -0.4 is 25.1 Å². The molecule has 0 aliphatic rings. The summed E-state index contributed by atoms with van der Waals surface area (Å²) < 4.78 is 18.1. The molecule has 1 aromatic heterocycles. The number of nitrogens with zero attached hydrogens (tertiary/aromatic N) is 1. The molecule has 1 N–H and O–H groups in total. The maximum absolute atomic E-state index is 13.8. The number of nitrogens with one attached hydrogen (secondary N) is 1. The van der Waals surface area contributed by atoms with Crippen LogP contribution in [0, 0.1) is 6.92 Å². The second-order valence-electron chi connectivity index (χ2n) is 9.50. The fraction of sp³-hybridized carbons (Fsp3) is 0.419. The van der Waals surface area contributed by atoms with Crippen LogP contribution in [-0.4, -0.2) is 31.8 Å². The van der Waals surface area contributed by atoms with Crippen LogP contribution in [0.2, 0.25) is 0 Å². The van der Waals surface area contributed by atoms with Gasteiger partial charge < -0.3 is 24.1 Å². The quantitative estimate of drug-likeness (QED) is 0.309. The standard InChI is InChI=1S/C31H40N2O5/c1-7-9-15-26(33-20-21(3)16-24(31(33)35)17-22-13-11-10-12-14-22)30(34)32-25(8-2)23-18-27(36-4)29(38-6)28(19-23)37-5/h10-14,16,18-20,25-26H,7-9,15,17H2,1-6H3,(H,32,34)/t25-,26?/m0/s1. The van der Waals surface area contributed by atoms with Crippen LogP contribution in [0.15, 0.2) is 59.5 Å². The van der Waals surface area contributed by atoms with E-state index in [0.29, 0.717) is 42.1 Å². The van der Waals surface area contributed by atoms with Crippen LogP contribution in [0.25, 0.3) is 0 Å². The zero-order valence-electron chi connectivity index (χ0n) is 23.4. The Morgan fingerprint density at radius 3 is 2.18 bits per heavy atom. The van der Waals surface area contributed by atoms with Crippen molar-refractivity contribution in [3.63, 3.8) is 0 Å². The van der Waals surface area contributed by atoms with E-state index >= 15 is 0 Å². The molecule has 0 saturated carbocycles. The van der Waals surface area contributed by atoms with Crippen molar-refractivity contribution in [3.8, 4) is 17.2 Å². The van der Waals surface area contributed by atoms with E-state index < -0.39 is 6.04 Å². The molecule has 1 heterocycles. The van der Waals surface area contributed by atoms with Crippen LogP contribution in [0.1, 0.15) is 73.9 Å². The molecule has 204 valence electrons. The predicted octanol–water partition coefficient (Wildman–Crippen LogP) is 5.77. The third-order valence-corrected chi connectivity index (χ3v) is 6.77. The van der Waals surface area contributed by atoms with E-state index in [4.69, 9.17) is 14.2 Å². The van der Waals surface area contributed by atoms with Gasteiger partial charge in [0.15, 0.2) is 11.5 Å². The van der Waals surface area contributed by atoms with Crippen LogP contribution >= 0.6 is 0 Å². The lowest BCUT2D eigenvalue weighted by Crippen LogP contribution is -2.39. The minimum absolute atomic E-state index is 0.128. The number of methoxy groups -OCH3 is 3. The highest BCUT2D eigenvalue weighted by atomic mass is 16.5. The maximum Gasteiger partial charge on any atom is 0.254 e. The number of aryl methyl sites for hydroxylation is 1. The summed E-state index contributed by atoms with van der Waals surface area (Å²) in [4.78, 5) is 27.4. The first kappa shape index (κ1) is 28.8. The SMILES string of the molecule is CCCCC(C(=O)N[C@@H](CC)c1cc(OC)c(OC)c(OC)c1)n1cc(C)cc(Cc2ccccc2)c1=O. The second kappa shape index (κ2) is 13.7. The highest BCUT2D eigenvalue weighted by Gasteiger charge is 2.26. The molecular weight excluding hydrogens is 480 g/mol. The molecule has 0 aliphatic heterocycles. The van der Waals surface area contributed by atoms with Gasteiger partial charge >= 0.3 is 0 Å². The van der Waals surface area contributed by atoms with Crippen molar-refractivity contribution in [2.75, 3.05) is 21.3 Å². The lowest BCUT2D eigenvalue weighted by Gasteiger charge is -2.25. The number of ether oxygens (including phenoxy) is 3. The molecule has 0 saturated heterocycles. The number of carbonyl (C=O) groups is 1. The first-order valence-corrected chi connectivity index (χ1v) is 13.2. The molecule has 3 aromatic rings. The van der Waals surface area contributed by atoms with E-state index in [1.165, 1.54) is 0 Å². The number of aromatic nitrogens is 1. The number of hydrogen-bond donors (Lipinski definition) is 1. The number of hydrogen-bond acceptors (Lipinski definition) is 5. The third kappa shape index (κ3) is 6.77. The Balaban J connectivity index is 1.97. The van der Waals surface area contributed by atoms with E-state index in [9.17, 15) is 9.59 Å². The lowest BCUT2D eigenvalue weighted by atomic mass is 10.0. The van der Waals surface area contributed by atoms with Gasteiger partial charge in [0.25, 0.3) is 5.56 Å². The van der Waals surface area contributed by atoms with Crippen molar-refractivity contribution >= 4 is 5.91 Å². The average Bonchev–Trinajstić information content (AvgIpc) is 2.93. The Bertz CT molecular complexity index is 1240. The van der Waals surface area contributed by atoms with Gasteiger partial charge in [0.05, 0.1) is 27.4 Å². The maximum atomic E-state index is 13.8. The van der Waals surface area contributed by atoms with Crippen molar-refractivity contribution in [1.29, 1.82) is 0 Å². The first-order valence-electron chi connectivity index (χ1n) is 13.2. The first-order chi connectivity index (χ1) is 18.4. The fourth-order valence-electron chi connectivity index (χ4n) is 4.78. The van der Waals surface area contributed by atoms with Gasteiger partial charge in [-0.25, -0.2) is 0 Å². The molecule has 0 fully saturated rings. The van der Waals surface area contributed by atoms with Crippen LogP contribution in [0.4, 0.5) is 0 Å². The highest BCUT2D eigenvalue weighted by Crippen LogP contribution is 2.40. The zero-order valence-corrected chi connectivity index (χ0v) is 23.4. The molecule has 7 nitrogen and oxygen atoms in total. The van der Waals surface area contributed by atoms with Crippen LogP contribution in [0.5, 0.6) is 17.2 Å². The lowest BCUT2D eigenvalue weighted by molar-refractivity contribution is -0.125. The molecule has 0 spiro atoms. The van der Waals surface area contributed by atoms with E-state index in [0.717, 1.165) is 29.5 Å². The molecule has 0 radical (unpaired) electrons. The molecule has 3 rings (SSSR count). The summed E-state index contributed by atoms with van der Waals surface area (Å²) in [5.74, 6) is 1.37. The van der Waals surface area contributed by atoms with Crippen molar-refractivity contribution in [3.05, 3.63) is 87.3 Å². The number of benzene rings is 2. The molecule has 0 aliphatic carbocycles. The van der Waals surface area contributed by atoms with E-state index in [1.54, 1.807) is 32.1 Å². The summed E-state index contributed by atoms with van der Waals surface area (Å²) in [6.45, 7) is 6.05. The topological polar surface area (TPSA) is 78.8 Å². The molecule has 38 heavy (non-hydrogen) atoms. The monoisotopic (exact) mass is 520 g/mol. The molecule has 2 aromatic carbocycles. The summed E-state index contributed by atoms with van der Waals surface area (Å²) in [5.41, 5.74) is 3.40. The number of unbranched alkanes of at least 4 members (excludes halogenated alkanes) is 1. The fourth-order valence-corrected chi connectivity index (χ4v) is 4.78. The van der Waals surface area contributed by atoms with Gasteiger partial charge in [0.1, 0.15) is 6.04 Å². The third-order valence-electron chi connectivity index (χ3n) is 6.77. The van der Waals surface area contributed by atoms with Crippen molar-refractivity contribution < 1.29 is 19.0 Å². The minimum atomic E-state index is -0.618. The molecule has 2 atom stereocenters. The number of amides is 1. The minimum Gasteiger partial charge on any atom is -0.493 e. The van der Waals surface area contributed by atoms with Crippen molar-refractivity contribution in [2.24, 2.45) is 0 Å². The van der Waals surface area contributed by atoms with Gasteiger partial charge in [-0.1, -0.05) is 57.0 Å². The molecule has 0 bridgehead atoms. The second-order valence-corrected chi connectivity index (χ2v) is 9.50. The molecule has 1 amide bonds. The number of rotatable bonds is 13.